The van der Waals surface area contributed by atoms with Gasteiger partial charge in [0.05, 0.1) is 28.4 Å². The van der Waals surface area contributed by atoms with Crippen LogP contribution in [0, 0.1) is 0 Å². The fraction of sp³-hybridized carbons (Fsp3) is 0.208. The molecule has 0 aliphatic carbocycles. The van der Waals surface area contributed by atoms with Crippen molar-refractivity contribution in [1.29, 1.82) is 0 Å². The van der Waals surface area contributed by atoms with E-state index < -0.39 is 11.8 Å². The van der Waals surface area contributed by atoms with Crippen molar-refractivity contribution in [2.45, 2.75) is 13.8 Å². The molecule has 0 fully saturated rings. The number of hydrogen-bond donors (Lipinski definition) is 2. The highest BCUT2D eigenvalue weighted by molar-refractivity contribution is 6.40. The monoisotopic (exact) mass is 516 g/mol. The summed E-state index contributed by atoms with van der Waals surface area (Å²) in [5.74, 6) is -0.490. The van der Waals surface area contributed by atoms with Crippen molar-refractivity contribution in [3.8, 4) is 5.75 Å². The molecule has 0 bridgehead atoms. The molecule has 0 atom stereocenters. The van der Waals surface area contributed by atoms with E-state index in [0.29, 0.717) is 46.3 Å². The Balaban J connectivity index is 1.78. The lowest BCUT2D eigenvalue weighted by molar-refractivity contribution is -0.190. The number of ether oxygens (including phenoxy) is 1. The Kier molecular flexibility index (Phi) is 7.42. The summed E-state index contributed by atoms with van der Waals surface area (Å²) in [6.07, 6.45) is 2.76. The Bertz CT molecular complexity index is 1400. The zero-order valence-electron chi connectivity index (χ0n) is 19.1. The fourth-order valence-corrected chi connectivity index (χ4v) is 4.04. The summed E-state index contributed by atoms with van der Waals surface area (Å²) in [5, 5.41) is 5.73. The van der Waals surface area contributed by atoms with Gasteiger partial charge in [0.2, 0.25) is 0 Å². The first-order valence-electron chi connectivity index (χ1n) is 10.7. The molecule has 0 saturated carbocycles. The molecule has 0 radical (unpaired) electrons. The van der Waals surface area contributed by atoms with Gasteiger partial charge in [0.25, 0.3) is 11.8 Å². The van der Waals surface area contributed by atoms with Crippen LogP contribution in [0.2, 0.25) is 10.0 Å². The highest BCUT2D eigenvalue weighted by Gasteiger charge is 2.22. The lowest BCUT2D eigenvalue weighted by atomic mass is 10.0. The van der Waals surface area contributed by atoms with E-state index in [1.807, 2.05) is 13.8 Å². The molecule has 2 amide bonds. The second-order valence-electron chi connectivity index (χ2n) is 7.40. The summed E-state index contributed by atoms with van der Waals surface area (Å²) in [7, 11) is 1.50. The molecule has 0 unspecified atom stereocenters. The van der Waals surface area contributed by atoms with E-state index in [0.717, 1.165) is 0 Å². The van der Waals surface area contributed by atoms with Crippen LogP contribution >= 0.6 is 23.2 Å². The molecular formula is C24H22Cl2N4O5. The highest BCUT2D eigenvalue weighted by Crippen LogP contribution is 2.38. The molecule has 0 aliphatic rings. The van der Waals surface area contributed by atoms with Crippen LogP contribution in [0.15, 0.2) is 47.1 Å². The summed E-state index contributed by atoms with van der Waals surface area (Å²) in [6, 6.07) is 8.12. The van der Waals surface area contributed by atoms with E-state index in [2.05, 4.69) is 15.8 Å². The number of pyridine rings is 1. The largest absolute Gasteiger partial charge is 0.493 e. The quantitative estimate of drug-likeness (QED) is 0.299. The molecule has 11 heteroatoms. The topological polar surface area (TPSA) is 106 Å². The summed E-state index contributed by atoms with van der Waals surface area (Å²) in [4.78, 5) is 35.2. The molecule has 9 nitrogen and oxygen atoms in total. The van der Waals surface area contributed by atoms with Crippen LogP contribution in [0.25, 0.3) is 21.9 Å². The molecule has 35 heavy (non-hydrogen) atoms. The van der Waals surface area contributed by atoms with Crippen LogP contribution in [0.5, 0.6) is 5.75 Å². The van der Waals surface area contributed by atoms with E-state index in [9.17, 15) is 9.59 Å². The number of hydrogen-bond acceptors (Lipinski definition) is 7. The maximum Gasteiger partial charge on any atom is 0.276 e. The maximum atomic E-state index is 13.3. The van der Waals surface area contributed by atoms with Gasteiger partial charge in [-0.15, -0.1) is 0 Å². The second-order valence-corrected chi connectivity index (χ2v) is 8.22. The van der Waals surface area contributed by atoms with Gasteiger partial charge in [-0.2, -0.15) is 10.0 Å². The molecular weight excluding hydrogens is 495 g/mol. The van der Waals surface area contributed by atoms with E-state index >= 15 is 0 Å². The SMILES string of the molecule is CCN(CC)ONC(=O)c1ccc2oc3c(OC)ccc(C(=O)Nc4c(Cl)cncc4Cl)c3c2c1. The minimum absolute atomic E-state index is 0.194. The number of benzene rings is 2. The van der Waals surface area contributed by atoms with Gasteiger partial charge in [-0.3, -0.25) is 14.6 Å². The van der Waals surface area contributed by atoms with Gasteiger partial charge >= 0.3 is 0 Å². The van der Waals surface area contributed by atoms with Crippen molar-refractivity contribution in [3.63, 3.8) is 0 Å². The number of fused-ring (bicyclic) bond motifs is 3. The molecule has 4 aromatic rings. The lowest BCUT2D eigenvalue weighted by Crippen LogP contribution is -2.34. The van der Waals surface area contributed by atoms with Crippen LogP contribution < -0.4 is 15.5 Å². The van der Waals surface area contributed by atoms with Crippen LogP contribution in [0.4, 0.5) is 5.69 Å². The van der Waals surface area contributed by atoms with E-state index in [1.54, 1.807) is 35.4 Å². The Morgan fingerprint density at radius 2 is 1.77 bits per heavy atom. The van der Waals surface area contributed by atoms with Crippen LogP contribution in [-0.4, -0.2) is 42.1 Å². The number of anilines is 1. The predicted octanol–water partition coefficient (Wildman–Crippen LogP) is 5.47. The number of amides is 2. The number of carbonyl (C=O) groups is 2. The Morgan fingerprint density at radius 1 is 1.06 bits per heavy atom. The second kappa shape index (κ2) is 10.5. The van der Waals surface area contributed by atoms with Crippen molar-refractivity contribution in [1.82, 2.24) is 15.5 Å². The number of methoxy groups -OCH3 is 1. The molecule has 0 aliphatic heterocycles. The molecule has 2 N–H and O–H groups in total. The average Bonchev–Trinajstić information content (AvgIpc) is 3.25. The standard InChI is InChI=1S/C24H22Cl2N4O5/c1-4-30(5-2)35-29-23(31)13-6-8-18-15(10-13)20-14(7-9-19(33-3)22(20)34-18)24(32)28-21-16(25)11-27-12-17(21)26/h6-12H,4-5H2,1-3H3,(H,29,31)(H,27,28,32). The van der Waals surface area contributed by atoms with Gasteiger partial charge in [0.1, 0.15) is 5.58 Å². The Hall–Kier alpha value is -3.37. The van der Waals surface area contributed by atoms with Gasteiger partial charge in [0.15, 0.2) is 11.3 Å². The van der Waals surface area contributed by atoms with Gasteiger partial charge in [-0.05, 0) is 44.2 Å². The third-order valence-corrected chi connectivity index (χ3v) is 5.95. The molecule has 2 aromatic heterocycles. The third-order valence-electron chi connectivity index (χ3n) is 5.37. The first-order valence-corrected chi connectivity index (χ1v) is 11.5. The number of rotatable bonds is 8. The summed E-state index contributed by atoms with van der Waals surface area (Å²) in [5.41, 5.74) is 4.09. The van der Waals surface area contributed by atoms with Gasteiger partial charge in [-0.25, -0.2) is 5.48 Å². The van der Waals surface area contributed by atoms with Crippen LogP contribution in [0.3, 0.4) is 0 Å². The van der Waals surface area contributed by atoms with E-state index in [1.165, 1.54) is 19.5 Å². The lowest BCUT2D eigenvalue weighted by Gasteiger charge is -2.17. The van der Waals surface area contributed by atoms with Crippen molar-refractivity contribution < 1.29 is 23.7 Å². The minimum atomic E-state index is -0.477. The Labute approximate surface area is 210 Å². The summed E-state index contributed by atoms with van der Waals surface area (Å²) >= 11 is 12.3. The number of nitrogens with zero attached hydrogens (tertiary/aromatic N) is 2. The first kappa shape index (κ1) is 24.7. The van der Waals surface area contributed by atoms with Crippen molar-refractivity contribution in [2.24, 2.45) is 0 Å². The van der Waals surface area contributed by atoms with Crippen molar-refractivity contribution in [3.05, 3.63) is 63.9 Å². The number of hydroxylamine groups is 3. The molecule has 4 rings (SSSR count). The predicted molar refractivity (Wildman–Crippen MR) is 134 cm³/mol. The van der Waals surface area contributed by atoms with Crippen molar-refractivity contribution in [2.75, 3.05) is 25.5 Å². The average molecular weight is 517 g/mol. The highest BCUT2D eigenvalue weighted by atomic mass is 35.5. The zero-order valence-corrected chi connectivity index (χ0v) is 20.7. The number of nitrogens with one attached hydrogen (secondary N) is 2. The molecule has 182 valence electrons. The molecule has 0 spiro atoms. The Morgan fingerprint density at radius 3 is 2.43 bits per heavy atom. The molecule has 0 saturated heterocycles. The normalized spacial score (nSPS) is 11.3. The van der Waals surface area contributed by atoms with Gasteiger partial charge in [0, 0.05) is 41.8 Å². The van der Waals surface area contributed by atoms with Crippen LogP contribution in [-0.2, 0) is 4.94 Å². The number of aromatic nitrogens is 1. The van der Waals surface area contributed by atoms with Gasteiger partial charge in [-0.1, -0.05) is 23.2 Å². The summed E-state index contributed by atoms with van der Waals surface area (Å²) in [6.45, 7) is 5.02. The number of furan rings is 1. The van der Waals surface area contributed by atoms with E-state index in [-0.39, 0.29) is 21.3 Å². The number of carbonyl (C=O) groups excluding carboxylic acids is 2. The first-order chi connectivity index (χ1) is 16.9. The molecule has 2 heterocycles. The van der Waals surface area contributed by atoms with Crippen molar-refractivity contribution >= 4 is 62.6 Å². The van der Waals surface area contributed by atoms with Crippen LogP contribution in [0.1, 0.15) is 34.6 Å². The summed E-state index contributed by atoms with van der Waals surface area (Å²) < 4.78 is 11.4. The van der Waals surface area contributed by atoms with E-state index in [4.69, 9.17) is 37.3 Å². The van der Waals surface area contributed by atoms with Gasteiger partial charge < -0.3 is 14.5 Å². The third kappa shape index (κ3) is 4.89. The zero-order chi connectivity index (χ0) is 25.1. The maximum absolute atomic E-state index is 13.3. The minimum Gasteiger partial charge on any atom is -0.493 e. The smallest absolute Gasteiger partial charge is 0.276 e. The number of halogens is 2. The molecule has 2 aromatic carbocycles. The fourth-order valence-electron chi connectivity index (χ4n) is 3.58.